The number of pyridine rings is 1. The quantitative estimate of drug-likeness (QED) is 0.488. The van der Waals surface area contributed by atoms with E-state index in [2.05, 4.69) is 53.7 Å². The van der Waals surface area contributed by atoms with Crippen LogP contribution in [0.5, 0.6) is 5.75 Å². The number of rotatable bonds is 3. The number of fused-ring (bicyclic) bond motifs is 4. The van der Waals surface area contributed by atoms with Crippen LogP contribution in [0.25, 0.3) is 0 Å². The van der Waals surface area contributed by atoms with Crippen LogP contribution in [-0.4, -0.2) is 71.6 Å². The SMILES string of the molecule is CC(C)CC1NC(=O)[C@@H](C)N(C)C2(C3CCCC32)[C@H](C2CCCCC2)NC[C@@H](C)Oc2cccnc2CCCNC1=O. The molecule has 6 atom stereocenters. The molecule has 2 amide bonds. The Morgan fingerprint density at radius 1 is 1.02 bits per heavy atom. The van der Waals surface area contributed by atoms with Gasteiger partial charge in [0, 0.05) is 30.9 Å². The number of ether oxygens (including phenoxy) is 1. The van der Waals surface area contributed by atoms with Gasteiger partial charge in [-0.05, 0) is 102 Å². The first-order chi connectivity index (χ1) is 20.2. The molecule has 42 heavy (non-hydrogen) atoms. The summed E-state index contributed by atoms with van der Waals surface area (Å²) in [6.45, 7) is 9.69. The first-order valence-electron chi connectivity index (χ1n) is 16.9. The Morgan fingerprint density at radius 2 is 1.76 bits per heavy atom. The number of aromatic nitrogens is 1. The predicted octanol–water partition coefficient (Wildman–Crippen LogP) is 4.47. The summed E-state index contributed by atoms with van der Waals surface area (Å²) in [6.07, 6.45) is 14.0. The van der Waals surface area contributed by atoms with Crippen molar-refractivity contribution in [3.05, 3.63) is 24.0 Å². The van der Waals surface area contributed by atoms with E-state index >= 15 is 0 Å². The van der Waals surface area contributed by atoms with Gasteiger partial charge < -0.3 is 20.7 Å². The zero-order valence-electron chi connectivity index (χ0n) is 26.7. The molecule has 1 spiro atoms. The molecule has 0 saturated heterocycles. The van der Waals surface area contributed by atoms with Gasteiger partial charge in [0.15, 0.2) is 0 Å². The third-order valence-electron chi connectivity index (χ3n) is 10.8. The molecular formula is C34H55N5O3. The monoisotopic (exact) mass is 581 g/mol. The number of likely N-dealkylation sites (N-methyl/N-ethyl adjacent to an activating group) is 1. The lowest BCUT2D eigenvalue weighted by atomic mass is 9.76. The third kappa shape index (κ3) is 6.50. The van der Waals surface area contributed by atoms with Crippen molar-refractivity contribution in [2.24, 2.45) is 23.7 Å². The lowest BCUT2D eigenvalue weighted by Gasteiger charge is -2.46. The van der Waals surface area contributed by atoms with Crippen LogP contribution in [0.3, 0.4) is 0 Å². The summed E-state index contributed by atoms with van der Waals surface area (Å²) in [7, 11) is 2.18. The van der Waals surface area contributed by atoms with Gasteiger partial charge in [-0.25, -0.2) is 0 Å². The fourth-order valence-corrected chi connectivity index (χ4v) is 8.71. The largest absolute Gasteiger partial charge is 0.487 e. The Kier molecular flexibility index (Phi) is 10.1. The van der Waals surface area contributed by atoms with Gasteiger partial charge in [-0.15, -0.1) is 0 Å². The van der Waals surface area contributed by atoms with Crippen LogP contribution >= 0.6 is 0 Å². The first kappa shape index (κ1) is 31.2. The van der Waals surface area contributed by atoms with E-state index < -0.39 is 6.04 Å². The average Bonchev–Trinajstić information content (AvgIpc) is 3.31. The lowest BCUT2D eigenvalue weighted by molar-refractivity contribution is -0.133. The zero-order valence-corrected chi connectivity index (χ0v) is 26.7. The van der Waals surface area contributed by atoms with Gasteiger partial charge in [0.05, 0.1) is 11.7 Å². The van der Waals surface area contributed by atoms with E-state index in [-0.39, 0.29) is 35.4 Å². The molecule has 0 aromatic carbocycles. The maximum Gasteiger partial charge on any atom is 0.242 e. The average molecular weight is 582 g/mol. The van der Waals surface area contributed by atoms with Crippen molar-refractivity contribution in [3.8, 4) is 5.75 Å². The van der Waals surface area contributed by atoms with Crippen LogP contribution in [0.2, 0.25) is 0 Å². The number of hydrogen-bond donors (Lipinski definition) is 3. The Balaban J connectivity index is 1.47. The predicted molar refractivity (Wildman–Crippen MR) is 166 cm³/mol. The summed E-state index contributed by atoms with van der Waals surface area (Å²) in [6, 6.07) is 3.40. The standard InChI is InChI=1S/C34H55N5O3/c1-22(2)20-29-33(41)36-19-10-16-28-30(17-11-18-35-28)42-23(3)21-37-31(25-12-7-6-8-13-25)34(26-14-9-15-27(26)34)39(5)24(4)32(40)38-29/h11,17-18,22-27,29,31,37H,6-10,12-16,19-21H2,1-5H3,(H,36,41)(H,38,40)/t23-,24-,26?,27?,29?,31+,34?/m1/s1. The second-order valence-corrected chi connectivity index (χ2v) is 14.1. The molecular weight excluding hydrogens is 526 g/mol. The lowest BCUT2D eigenvalue weighted by Crippen LogP contribution is -2.63. The van der Waals surface area contributed by atoms with Crippen molar-refractivity contribution in [2.75, 3.05) is 20.1 Å². The van der Waals surface area contributed by atoms with Gasteiger partial charge in [0.25, 0.3) is 0 Å². The highest BCUT2D eigenvalue weighted by molar-refractivity contribution is 5.89. The molecule has 3 saturated carbocycles. The van der Waals surface area contributed by atoms with E-state index in [1.54, 1.807) is 0 Å². The molecule has 3 fully saturated rings. The van der Waals surface area contributed by atoms with E-state index in [9.17, 15) is 9.59 Å². The summed E-state index contributed by atoms with van der Waals surface area (Å²) < 4.78 is 6.52. The first-order valence-corrected chi connectivity index (χ1v) is 16.9. The molecule has 2 heterocycles. The van der Waals surface area contributed by atoms with Gasteiger partial charge in [-0.1, -0.05) is 39.5 Å². The molecule has 234 valence electrons. The molecule has 5 rings (SSSR count). The van der Waals surface area contributed by atoms with E-state index in [0.29, 0.717) is 36.8 Å². The molecule has 4 aliphatic rings. The Labute approximate surface area is 253 Å². The van der Waals surface area contributed by atoms with Crippen molar-refractivity contribution < 1.29 is 14.3 Å². The highest BCUT2D eigenvalue weighted by atomic mass is 16.5. The molecule has 1 aromatic rings. The smallest absolute Gasteiger partial charge is 0.242 e. The van der Waals surface area contributed by atoms with E-state index in [0.717, 1.165) is 30.8 Å². The molecule has 0 radical (unpaired) electrons. The van der Waals surface area contributed by atoms with Crippen LogP contribution in [0.1, 0.15) is 97.6 Å². The number of nitrogens with zero attached hydrogens (tertiary/aromatic N) is 2. The molecule has 8 nitrogen and oxygen atoms in total. The molecule has 1 aromatic heterocycles. The maximum atomic E-state index is 13.9. The van der Waals surface area contributed by atoms with Gasteiger partial charge in [-0.3, -0.25) is 19.5 Å². The minimum atomic E-state index is -0.538. The molecule has 8 heteroatoms. The van der Waals surface area contributed by atoms with E-state index in [1.165, 1.54) is 51.4 Å². The number of aryl methyl sites for hydroxylation is 1. The van der Waals surface area contributed by atoms with Crippen LogP contribution < -0.4 is 20.7 Å². The Morgan fingerprint density at radius 3 is 2.48 bits per heavy atom. The Bertz CT molecular complexity index is 1060. The molecule has 1 aliphatic heterocycles. The van der Waals surface area contributed by atoms with Crippen molar-refractivity contribution in [1.29, 1.82) is 0 Å². The van der Waals surface area contributed by atoms with Gasteiger partial charge in [-0.2, -0.15) is 0 Å². The summed E-state index contributed by atoms with van der Waals surface area (Å²) in [4.78, 5) is 34.3. The Hall–Kier alpha value is -2.19. The summed E-state index contributed by atoms with van der Waals surface area (Å²) in [5.41, 5.74) is 0.884. The summed E-state index contributed by atoms with van der Waals surface area (Å²) >= 11 is 0. The van der Waals surface area contributed by atoms with Crippen molar-refractivity contribution in [2.45, 2.75) is 128 Å². The van der Waals surface area contributed by atoms with Crippen LogP contribution in [-0.2, 0) is 16.0 Å². The number of amides is 2. The minimum Gasteiger partial charge on any atom is -0.487 e. The van der Waals surface area contributed by atoms with Crippen LogP contribution in [0.15, 0.2) is 18.3 Å². The number of carbonyl (C=O) groups is 2. The third-order valence-corrected chi connectivity index (χ3v) is 10.8. The second kappa shape index (κ2) is 13.6. The number of carbonyl (C=O) groups excluding carboxylic acids is 2. The molecule has 3 aliphatic carbocycles. The number of hydrogen-bond acceptors (Lipinski definition) is 6. The topological polar surface area (TPSA) is 95.6 Å². The maximum absolute atomic E-state index is 13.9. The summed E-state index contributed by atoms with van der Waals surface area (Å²) in [5, 5.41) is 10.4. The fourth-order valence-electron chi connectivity index (χ4n) is 8.71. The molecule has 0 bridgehead atoms. The van der Waals surface area contributed by atoms with Gasteiger partial charge in [0.2, 0.25) is 11.8 Å². The van der Waals surface area contributed by atoms with Gasteiger partial charge >= 0.3 is 0 Å². The van der Waals surface area contributed by atoms with Crippen molar-refractivity contribution in [3.63, 3.8) is 0 Å². The van der Waals surface area contributed by atoms with Crippen LogP contribution in [0, 0.1) is 23.7 Å². The minimum absolute atomic E-state index is 0.0175. The highest BCUT2D eigenvalue weighted by Crippen LogP contribution is 2.66. The number of nitrogens with one attached hydrogen (secondary N) is 3. The molecule has 3 N–H and O–H groups in total. The normalized spacial score (nSPS) is 35.9. The van der Waals surface area contributed by atoms with Gasteiger partial charge in [0.1, 0.15) is 17.9 Å². The second-order valence-electron chi connectivity index (χ2n) is 14.1. The van der Waals surface area contributed by atoms with E-state index in [1.807, 2.05) is 25.3 Å². The van der Waals surface area contributed by atoms with E-state index in [4.69, 9.17) is 4.74 Å². The van der Waals surface area contributed by atoms with Crippen LogP contribution in [0.4, 0.5) is 0 Å². The fraction of sp³-hybridized carbons (Fsp3) is 0.794. The van der Waals surface area contributed by atoms with Crippen molar-refractivity contribution in [1.82, 2.24) is 25.8 Å². The van der Waals surface area contributed by atoms with Crippen molar-refractivity contribution >= 4 is 11.8 Å². The highest BCUT2D eigenvalue weighted by Gasteiger charge is 2.72. The molecule has 3 unspecified atom stereocenters. The summed E-state index contributed by atoms with van der Waals surface area (Å²) in [5.74, 6) is 2.80. The zero-order chi connectivity index (χ0) is 29.9.